The van der Waals surface area contributed by atoms with Crippen LogP contribution in [0, 0.1) is 6.92 Å². The van der Waals surface area contributed by atoms with Crippen LogP contribution in [0.1, 0.15) is 18.9 Å². The number of benzene rings is 1. The van der Waals surface area contributed by atoms with Crippen LogP contribution in [0.2, 0.25) is 0 Å². The highest BCUT2D eigenvalue weighted by Crippen LogP contribution is 2.14. The van der Waals surface area contributed by atoms with Gasteiger partial charge in [0.2, 0.25) is 5.91 Å². The molecule has 7 heteroatoms. The summed E-state index contributed by atoms with van der Waals surface area (Å²) in [5.74, 6) is -0.217. The van der Waals surface area contributed by atoms with Crippen molar-refractivity contribution in [2.45, 2.75) is 31.2 Å². The summed E-state index contributed by atoms with van der Waals surface area (Å²) in [6.07, 6.45) is 0.0422. The minimum Gasteiger partial charge on any atom is -0.337 e. The molecule has 0 radical (unpaired) electrons. The summed E-state index contributed by atoms with van der Waals surface area (Å²) in [4.78, 5) is 14.2. The predicted octanol–water partition coefficient (Wildman–Crippen LogP) is 1.40. The maximum atomic E-state index is 12.2. The van der Waals surface area contributed by atoms with Crippen molar-refractivity contribution in [2.75, 3.05) is 25.4 Å². The van der Waals surface area contributed by atoms with Crippen LogP contribution in [-0.4, -0.2) is 50.7 Å². The highest BCUT2D eigenvalue weighted by Gasteiger charge is 2.24. The Hall–Kier alpha value is -1.11. The molecule has 1 aromatic carbocycles. The molecule has 1 aliphatic rings. The molecular formula is C15H23ClN2O3S. The van der Waals surface area contributed by atoms with Gasteiger partial charge in [-0.3, -0.25) is 4.79 Å². The zero-order chi connectivity index (χ0) is 15.5. The quantitative estimate of drug-likeness (QED) is 0.895. The summed E-state index contributed by atoms with van der Waals surface area (Å²) < 4.78 is 24.5. The van der Waals surface area contributed by atoms with Crippen LogP contribution >= 0.6 is 12.4 Å². The van der Waals surface area contributed by atoms with Crippen molar-refractivity contribution in [3.05, 3.63) is 29.8 Å². The van der Waals surface area contributed by atoms with Crippen molar-refractivity contribution in [2.24, 2.45) is 0 Å². The summed E-state index contributed by atoms with van der Waals surface area (Å²) >= 11 is 0. The van der Waals surface area contributed by atoms with Crippen molar-refractivity contribution in [1.82, 2.24) is 10.2 Å². The summed E-state index contributed by atoms with van der Waals surface area (Å²) in [5, 5.41) is 3.21. The lowest BCUT2D eigenvalue weighted by molar-refractivity contribution is -0.133. The SMILES string of the molecule is Cc1ccc(S(=O)(=O)CCC(=O)N2CCNC[C@@H]2C)cc1.Cl. The van der Waals surface area contributed by atoms with Crippen molar-refractivity contribution >= 4 is 28.2 Å². The van der Waals surface area contributed by atoms with Crippen LogP contribution in [0.5, 0.6) is 0 Å². The predicted molar refractivity (Wildman–Crippen MR) is 89.1 cm³/mol. The molecule has 1 atom stereocenters. The van der Waals surface area contributed by atoms with Gasteiger partial charge in [0.05, 0.1) is 10.6 Å². The van der Waals surface area contributed by atoms with Gasteiger partial charge in [0.25, 0.3) is 0 Å². The number of carbonyl (C=O) groups is 1. The van der Waals surface area contributed by atoms with Gasteiger partial charge < -0.3 is 10.2 Å². The number of hydrogen-bond acceptors (Lipinski definition) is 4. The van der Waals surface area contributed by atoms with Crippen molar-refractivity contribution in [3.63, 3.8) is 0 Å². The molecule has 1 aromatic rings. The number of nitrogens with one attached hydrogen (secondary N) is 1. The van der Waals surface area contributed by atoms with Gasteiger partial charge in [-0.25, -0.2) is 8.42 Å². The molecule has 0 spiro atoms. The molecule has 1 aliphatic heterocycles. The molecule has 0 aliphatic carbocycles. The number of sulfone groups is 1. The average Bonchev–Trinajstić information content (AvgIpc) is 2.46. The van der Waals surface area contributed by atoms with E-state index in [2.05, 4.69) is 5.32 Å². The fourth-order valence-corrected chi connectivity index (χ4v) is 3.67. The molecule has 2 rings (SSSR count). The van der Waals surface area contributed by atoms with Crippen molar-refractivity contribution in [1.29, 1.82) is 0 Å². The average molecular weight is 347 g/mol. The molecule has 0 aromatic heterocycles. The molecule has 1 heterocycles. The van der Waals surface area contributed by atoms with E-state index in [4.69, 9.17) is 0 Å². The molecule has 124 valence electrons. The monoisotopic (exact) mass is 346 g/mol. The second-order valence-electron chi connectivity index (χ2n) is 5.52. The first-order valence-corrected chi connectivity index (χ1v) is 8.85. The first kappa shape index (κ1) is 18.9. The molecule has 1 amide bonds. The second-order valence-corrected chi connectivity index (χ2v) is 7.63. The van der Waals surface area contributed by atoms with Gasteiger partial charge in [0.15, 0.2) is 9.84 Å². The lowest BCUT2D eigenvalue weighted by atomic mass is 10.2. The van der Waals surface area contributed by atoms with E-state index in [1.165, 1.54) is 0 Å². The van der Waals surface area contributed by atoms with E-state index in [-0.39, 0.29) is 41.4 Å². The van der Waals surface area contributed by atoms with Gasteiger partial charge in [-0.2, -0.15) is 0 Å². The highest BCUT2D eigenvalue weighted by molar-refractivity contribution is 7.91. The largest absolute Gasteiger partial charge is 0.337 e. The van der Waals surface area contributed by atoms with Gasteiger partial charge in [0.1, 0.15) is 0 Å². The van der Waals surface area contributed by atoms with Crippen LogP contribution in [0.3, 0.4) is 0 Å². The molecule has 0 unspecified atom stereocenters. The molecular weight excluding hydrogens is 324 g/mol. The van der Waals surface area contributed by atoms with Crippen LogP contribution in [0.4, 0.5) is 0 Å². The Balaban J connectivity index is 0.00000242. The van der Waals surface area contributed by atoms with Gasteiger partial charge in [-0.15, -0.1) is 12.4 Å². The fraction of sp³-hybridized carbons (Fsp3) is 0.533. The van der Waals surface area contributed by atoms with E-state index in [0.717, 1.165) is 18.7 Å². The smallest absolute Gasteiger partial charge is 0.223 e. The minimum absolute atomic E-state index is 0. The molecule has 0 saturated carbocycles. The Morgan fingerprint density at radius 3 is 2.55 bits per heavy atom. The Kier molecular flexibility index (Phi) is 6.84. The Labute approximate surface area is 138 Å². The first-order valence-electron chi connectivity index (χ1n) is 7.20. The van der Waals surface area contributed by atoms with E-state index in [9.17, 15) is 13.2 Å². The van der Waals surface area contributed by atoms with E-state index in [0.29, 0.717) is 6.54 Å². The van der Waals surface area contributed by atoms with Gasteiger partial charge in [-0.1, -0.05) is 17.7 Å². The van der Waals surface area contributed by atoms with Crippen LogP contribution < -0.4 is 5.32 Å². The minimum atomic E-state index is -3.39. The molecule has 1 fully saturated rings. The Morgan fingerprint density at radius 1 is 1.32 bits per heavy atom. The van der Waals surface area contributed by atoms with E-state index in [1.54, 1.807) is 29.2 Å². The third-order valence-electron chi connectivity index (χ3n) is 3.79. The number of piperazine rings is 1. The topological polar surface area (TPSA) is 66.5 Å². The van der Waals surface area contributed by atoms with E-state index >= 15 is 0 Å². The molecule has 0 bridgehead atoms. The van der Waals surface area contributed by atoms with Crippen LogP contribution in [0.15, 0.2) is 29.2 Å². The van der Waals surface area contributed by atoms with Crippen LogP contribution in [0.25, 0.3) is 0 Å². The van der Waals surface area contributed by atoms with E-state index in [1.807, 2.05) is 13.8 Å². The normalized spacial score (nSPS) is 18.6. The third-order valence-corrected chi connectivity index (χ3v) is 5.52. The zero-order valence-corrected chi connectivity index (χ0v) is 14.5. The maximum absolute atomic E-state index is 12.2. The Bertz CT molecular complexity index is 602. The summed E-state index contributed by atoms with van der Waals surface area (Å²) in [5.41, 5.74) is 1.01. The number of amides is 1. The Morgan fingerprint density at radius 2 is 1.95 bits per heavy atom. The lowest BCUT2D eigenvalue weighted by Crippen LogP contribution is -2.52. The lowest BCUT2D eigenvalue weighted by Gasteiger charge is -2.34. The van der Waals surface area contributed by atoms with Gasteiger partial charge in [0, 0.05) is 32.1 Å². The third kappa shape index (κ3) is 4.69. The molecule has 22 heavy (non-hydrogen) atoms. The van der Waals surface area contributed by atoms with Crippen LogP contribution in [-0.2, 0) is 14.6 Å². The standard InChI is InChI=1S/C15H22N2O3S.ClH/c1-12-3-5-14(6-4-12)21(19,20)10-7-15(18)17-9-8-16-11-13(17)2;/h3-6,13,16H,7-11H2,1-2H3;1H/t13-;/m0./s1. The van der Waals surface area contributed by atoms with Crippen molar-refractivity contribution < 1.29 is 13.2 Å². The summed E-state index contributed by atoms with van der Waals surface area (Å²) in [7, 11) is -3.39. The molecule has 1 saturated heterocycles. The summed E-state index contributed by atoms with van der Waals surface area (Å²) in [6, 6.07) is 6.86. The number of nitrogens with zero attached hydrogens (tertiary/aromatic N) is 1. The summed E-state index contributed by atoms with van der Waals surface area (Å²) in [6.45, 7) is 6.05. The zero-order valence-electron chi connectivity index (χ0n) is 12.9. The number of carbonyl (C=O) groups excluding carboxylic acids is 1. The number of aryl methyl sites for hydroxylation is 1. The van der Waals surface area contributed by atoms with Crippen molar-refractivity contribution in [3.8, 4) is 0 Å². The van der Waals surface area contributed by atoms with Gasteiger partial charge >= 0.3 is 0 Å². The number of hydrogen-bond donors (Lipinski definition) is 1. The molecule has 1 N–H and O–H groups in total. The van der Waals surface area contributed by atoms with Gasteiger partial charge in [-0.05, 0) is 26.0 Å². The molecule has 5 nitrogen and oxygen atoms in total. The second kappa shape index (κ2) is 7.94. The first-order chi connectivity index (χ1) is 9.90. The number of rotatable bonds is 4. The van der Waals surface area contributed by atoms with E-state index < -0.39 is 9.84 Å². The highest BCUT2D eigenvalue weighted by atomic mass is 35.5. The fourth-order valence-electron chi connectivity index (χ4n) is 2.44. The number of halogens is 1. The maximum Gasteiger partial charge on any atom is 0.223 e.